The number of hydrogen-bond acceptors (Lipinski definition) is 6. The van der Waals surface area contributed by atoms with Crippen LogP contribution in [0.1, 0.15) is 11.1 Å². The number of hydrogen-bond donors (Lipinski definition) is 1. The van der Waals surface area contributed by atoms with E-state index in [0.29, 0.717) is 25.3 Å². The summed E-state index contributed by atoms with van der Waals surface area (Å²) in [6, 6.07) is 20.9. The number of piperazine rings is 1. The Balaban J connectivity index is 1.35. The Kier molecular flexibility index (Phi) is 6.37. The maximum absolute atomic E-state index is 13.7. The zero-order valence-corrected chi connectivity index (χ0v) is 19.5. The molecule has 2 heterocycles. The molecule has 0 saturated carbocycles. The van der Waals surface area contributed by atoms with E-state index in [1.807, 2.05) is 35.2 Å². The largest absolute Gasteiger partial charge is 0.482 e. The molecule has 0 aromatic heterocycles. The van der Waals surface area contributed by atoms with E-state index in [4.69, 9.17) is 4.74 Å². The zero-order valence-electron chi connectivity index (χ0n) is 19.5. The smallest absolute Gasteiger partial charge is 0.343 e. The molecule has 0 spiro atoms. The maximum atomic E-state index is 13.7. The third-order valence-electron chi connectivity index (χ3n) is 6.62. The van der Waals surface area contributed by atoms with Crippen molar-refractivity contribution in [3.05, 3.63) is 77.9 Å². The summed E-state index contributed by atoms with van der Waals surface area (Å²) < 4.78 is 9.99. The summed E-state index contributed by atoms with van der Waals surface area (Å²) >= 11 is 0. The van der Waals surface area contributed by atoms with Gasteiger partial charge in [0.15, 0.2) is 6.61 Å². The molecule has 0 aliphatic carbocycles. The average molecular weight is 474 g/mol. The summed E-state index contributed by atoms with van der Waals surface area (Å²) in [5, 5.41) is 5.52. The lowest BCUT2D eigenvalue weighted by atomic mass is 9.99. The number of esters is 1. The Morgan fingerprint density at radius 3 is 2.60 bits per heavy atom. The van der Waals surface area contributed by atoms with Crippen molar-refractivity contribution in [2.75, 3.05) is 26.8 Å². The molecule has 3 aromatic rings. The van der Waals surface area contributed by atoms with Crippen molar-refractivity contribution in [2.24, 2.45) is 0 Å². The van der Waals surface area contributed by atoms with Crippen LogP contribution < -0.4 is 10.1 Å². The van der Waals surface area contributed by atoms with E-state index in [1.54, 1.807) is 17.0 Å². The number of carbonyl (C=O) groups is 3. The lowest BCUT2D eigenvalue weighted by Gasteiger charge is -2.42. The summed E-state index contributed by atoms with van der Waals surface area (Å²) in [5.74, 6) is -0.0452. The molecule has 0 radical (unpaired) electrons. The molecule has 2 atom stereocenters. The Bertz CT molecular complexity index is 1250. The number of ether oxygens (including phenoxy) is 2. The van der Waals surface area contributed by atoms with Crippen LogP contribution in [0.25, 0.3) is 10.8 Å². The minimum absolute atomic E-state index is 0.0581. The molecule has 2 amide bonds. The second-order valence-electron chi connectivity index (χ2n) is 8.78. The van der Waals surface area contributed by atoms with Gasteiger partial charge in [-0.1, -0.05) is 54.6 Å². The lowest BCUT2D eigenvalue weighted by Crippen LogP contribution is -2.63. The molecule has 0 bridgehead atoms. The SMILES string of the molecule is COC(=O)COc1ccc(C[C@H]2C(=O)N(Cc3cccc4ccccc34)C[C@@H]3NCC(=O)N32)cc1. The third kappa shape index (κ3) is 4.70. The van der Waals surface area contributed by atoms with Crippen LogP contribution in [0.5, 0.6) is 5.75 Å². The summed E-state index contributed by atoms with van der Waals surface area (Å²) in [6.45, 7) is 0.994. The number of carbonyl (C=O) groups excluding carboxylic acids is 3. The number of methoxy groups -OCH3 is 1. The molecule has 1 N–H and O–H groups in total. The Hall–Kier alpha value is -3.91. The van der Waals surface area contributed by atoms with Crippen LogP contribution in [-0.2, 0) is 32.1 Å². The number of nitrogens with one attached hydrogen (secondary N) is 1. The fraction of sp³-hybridized carbons (Fsp3) is 0.296. The molecule has 8 heteroatoms. The molecule has 2 aliphatic heterocycles. The molecular formula is C27H27N3O5. The molecule has 35 heavy (non-hydrogen) atoms. The predicted molar refractivity (Wildman–Crippen MR) is 129 cm³/mol. The van der Waals surface area contributed by atoms with Gasteiger partial charge in [-0.3, -0.25) is 14.9 Å². The van der Waals surface area contributed by atoms with Gasteiger partial charge in [-0.25, -0.2) is 4.79 Å². The number of fused-ring (bicyclic) bond motifs is 2. The Labute approximate surface area is 203 Å². The van der Waals surface area contributed by atoms with Crippen LogP contribution in [-0.4, -0.2) is 66.6 Å². The second kappa shape index (κ2) is 9.76. The molecule has 2 aliphatic rings. The van der Waals surface area contributed by atoms with Gasteiger partial charge in [0.25, 0.3) is 0 Å². The zero-order chi connectivity index (χ0) is 24.4. The van der Waals surface area contributed by atoms with Gasteiger partial charge >= 0.3 is 5.97 Å². The second-order valence-corrected chi connectivity index (χ2v) is 8.78. The molecule has 2 saturated heterocycles. The number of benzene rings is 3. The fourth-order valence-electron chi connectivity index (χ4n) is 4.85. The minimum Gasteiger partial charge on any atom is -0.482 e. The van der Waals surface area contributed by atoms with Crippen molar-refractivity contribution in [3.8, 4) is 5.75 Å². The van der Waals surface area contributed by atoms with Gasteiger partial charge in [0.2, 0.25) is 11.8 Å². The van der Waals surface area contributed by atoms with Crippen molar-refractivity contribution < 1.29 is 23.9 Å². The van der Waals surface area contributed by atoms with Crippen LogP contribution in [0.2, 0.25) is 0 Å². The van der Waals surface area contributed by atoms with Crippen molar-refractivity contribution in [3.63, 3.8) is 0 Å². The first-order valence-electron chi connectivity index (χ1n) is 11.6. The summed E-state index contributed by atoms with van der Waals surface area (Å²) in [6.07, 6.45) is 0.189. The molecular weight excluding hydrogens is 446 g/mol. The van der Waals surface area contributed by atoms with Crippen molar-refractivity contribution in [2.45, 2.75) is 25.2 Å². The average Bonchev–Trinajstić information content (AvgIpc) is 3.25. The van der Waals surface area contributed by atoms with Gasteiger partial charge in [0.05, 0.1) is 20.2 Å². The highest BCUT2D eigenvalue weighted by molar-refractivity contribution is 5.92. The first-order valence-corrected chi connectivity index (χ1v) is 11.6. The van der Waals surface area contributed by atoms with E-state index in [2.05, 4.69) is 34.3 Å². The van der Waals surface area contributed by atoms with Gasteiger partial charge < -0.3 is 19.3 Å². The van der Waals surface area contributed by atoms with Gasteiger partial charge in [0.1, 0.15) is 18.0 Å². The summed E-state index contributed by atoms with van der Waals surface area (Å²) in [5.41, 5.74) is 1.99. The summed E-state index contributed by atoms with van der Waals surface area (Å²) in [4.78, 5) is 41.2. The van der Waals surface area contributed by atoms with Crippen LogP contribution in [0.15, 0.2) is 66.7 Å². The first kappa shape index (κ1) is 22.9. The molecule has 2 fully saturated rings. The molecule has 5 rings (SSSR count). The van der Waals surface area contributed by atoms with Crippen LogP contribution in [0.4, 0.5) is 0 Å². The van der Waals surface area contributed by atoms with Crippen LogP contribution in [0, 0.1) is 0 Å². The van der Waals surface area contributed by atoms with E-state index in [0.717, 1.165) is 21.9 Å². The molecule has 3 aromatic carbocycles. The monoisotopic (exact) mass is 473 g/mol. The molecule has 180 valence electrons. The fourth-order valence-corrected chi connectivity index (χ4v) is 4.85. The van der Waals surface area contributed by atoms with Crippen molar-refractivity contribution in [1.82, 2.24) is 15.1 Å². The van der Waals surface area contributed by atoms with Gasteiger partial charge in [-0.15, -0.1) is 0 Å². The van der Waals surface area contributed by atoms with E-state index >= 15 is 0 Å². The molecule has 8 nitrogen and oxygen atoms in total. The van der Waals surface area contributed by atoms with Gasteiger partial charge in [0, 0.05) is 13.0 Å². The van der Waals surface area contributed by atoms with Crippen molar-refractivity contribution in [1.29, 1.82) is 0 Å². The van der Waals surface area contributed by atoms with E-state index in [9.17, 15) is 14.4 Å². The summed E-state index contributed by atoms with van der Waals surface area (Å²) in [7, 11) is 1.31. The topological polar surface area (TPSA) is 88.2 Å². The quantitative estimate of drug-likeness (QED) is 0.529. The minimum atomic E-state index is -0.590. The number of nitrogens with zero attached hydrogens (tertiary/aromatic N) is 2. The van der Waals surface area contributed by atoms with E-state index in [1.165, 1.54) is 7.11 Å². The van der Waals surface area contributed by atoms with E-state index in [-0.39, 0.29) is 31.1 Å². The Morgan fingerprint density at radius 1 is 1.03 bits per heavy atom. The standard InChI is InChI=1S/C27H27N3O5/c1-34-26(32)17-35-21-11-9-18(10-12-21)13-23-27(33)29(16-24-28-14-25(31)30(23)24)15-20-7-4-6-19-5-2-3-8-22(19)20/h2-12,23-24,28H,13-17H2,1H3/t23-,24+/m0/s1. The van der Waals surface area contributed by atoms with E-state index < -0.39 is 12.0 Å². The highest BCUT2D eigenvalue weighted by Gasteiger charge is 2.46. The van der Waals surface area contributed by atoms with Crippen LogP contribution >= 0.6 is 0 Å². The third-order valence-corrected chi connectivity index (χ3v) is 6.62. The van der Waals surface area contributed by atoms with Gasteiger partial charge in [-0.05, 0) is 34.0 Å². The number of amides is 2. The highest BCUT2D eigenvalue weighted by Crippen LogP contribution is 2.27. The maximum Gasteiger partial charge on any atom is 0.343 e. The first-order chi connectivity index (χ1) is 17.0. The molecule has 0 unspecified atom stereocenters. The van der Waals surface area contributed by atoms with Gasteiger partial charge in [-0.2, -0.15) is 0 Å². The highest BCUT2D eigenvalue weighted by atomic mass is 16.6. The van der Waals surface area contributed by atoms with Crippen LogP contribution in [0.3, 0.4) is 0 Å². The normalized spacial score (nSPS) is 19.7. The predicted octanol–water partition coefficient (Wildman–Crippen LogP) is 2.10. The number of rotatable bonds is 7. The van der Waals surface area contributed by atoms with Crippen molar-refractivity contribution >= 4 is 28.6 Å². The lowest BCUT2D eigenvalue weighted by molar-refractivity contribution is -0.152. The Morgan fingerprint density at radius 2 is 1.80 bits per heavy atom.